The number of hydrogen-bond donors (Lipinski definition) is 1. The lowest BCUT2D eigenvalue weighted by atomic mass is 10.2. The summed E-state index contributed by atoms with van der Waals surface area (Å²) in [5.41, 5.74) is 0.621. The summed E-state index contributed by atoms with van der Waals surface area (Å²) < 4.78 is 27.7. The van der Waals surface area contributed by atoms with Crippen molar-refractivity contribution in [3.63, 3.8) is 0 Å². The van der Waals surface area contributed by atoms with Crippen molar-refractivity contribution in [3.05, 3.63) is 82.7 Å². The fraction of sp³-hybridized carbons (Fsp3) is 0.120. The summed E-state index contributed by atoms with van der Waals surface area (Å²) >= 11 is 0. The molecule has 1 amide bonds. The second-order valence-electron chi connectivity index (χ2n) is 7.29. The maximum Gasteiger partial charge on any atom is 0.262 e. The highest BCUT2D eigenvalue weighted by Gasteiger charge is 2.16. The first-order valence-electron chi connectivity index (χ1n) is 10.2. The van der Waals surface area contributed by atoms with Gasteiger partial charge in [-0.25, -0.2) is 0 Å². The number of carbonyl (C=O) groups is 1. The molecule has 0 unspecified atom stereocenters. The molecule has 0 spiro atoms. The van der Waals surface area contributed by atoms with E-state index in [1.54, 1.807) is 55.5 Å². The molecule has 1 aromatic heterocycles. The normalized spacial score (nSPS) is 11.9. The summed E-state index contributed by atoms with van der Waals surface area (Å²) in [4.78, 5) is 25.2. The van der Waals surface area contributed by atoms with Gasteiger partial charge in [0.15, 0.2) is 18.1 Å². The maximum absolute atomic E-state index is 12.9. The highest BCUT2D eigenvalue weighted by Crippen LogP contribution is 2.34. The molecule has 0 radical (unpaired) electrons. The van der Waals surface area contributed by atoms with Gasteiger partial charge in [0.1, 0.15) is 22.8 Å². The van der Waals surface area contributed by atoms with Gasteiger partial charge in [0.25, 0.3) is 5.91 Å². The van der Waals surface area contributed by atoms with Gasteiger partial charge in [-0.3, -0.25) is 9.59 Å². The molecule has 4 aromatic rings. The summed E-state index contributed by atoms with van der Waals surface area (Å²) in [5.74, 6) is 2.26. The predicted molar refractivity (Wildman–Crippen MR) is 120 cm³/mol. The number of fused-ring (bicyclic) bond motifs is 2. The van der Waals surface area contributed by atoms with E-state index < -0.39 is 0 Å². The van der Waals surface area contributed by atoms with Crippen molar-refractivity contribution in [2.75, 3.05) is 18.7 Å². The highest BCUT2D eigenvalue weighted by atomic mass is 16.7. The Hall–Kier alpha value is -4.46. The Morgan fingerprint density at radius 1 is 0.970 bits per heavy atom. The van der Waals surface area contributed by atoms with E-state index in [4.69, 9.17) is 23.4 Å². The molecular weight excluding hydrogens is 426 g/mol. The standard InChI is InChI=1S/C25H19NO7/c1-15-25(33-17-5-3-2-4-6-17)24(28)19-9-8-18(12-21(19)32-15)29-13-23(27)26-16-7-10-20-22(11-16)31-14-30-20/h2-12H,13-14H2,1H3,(H,26,27). The minimum atomic E-state index is -0.349. The Kier molecular flexibility index (Phi) is 5.32. The van der Waals surface area contributed by atoms with Gasteiger partial charge in [0.05, 0.1) is 5.39 Å². The second kappa shape index (κ2) is 8.58. The van der Waals surface area contributed by atoms with E-state index >= 15 is 0 Å². The van der Waals surface area contributed by atoms with Crippen molar-refractivity contribution in [1.82, 2.24) is 0 Å². The largest absolute Gasteiger partial charge is 0.484 e. The number of para-hydroxylation sites is 1. The molecule has 5 rings (SSSR count). The number of rotatable bonds is 6. The van der Waals surface area contributed by atoms with Gasteiger partial charge in [0.2, 0.25) is 18.0 Å². The average Bonchev–Trinajstić information content (AvgIpc) is 3.29. The molecule has 2 heterocycles. The van der Waals surface area contributed by atoms with Crippen LogP contribution in [0.2, 0.25) is 0 Å². The molecule has 3 aromatic carbocycles. The van der Waals surface area contributed by atoms with Gasteiger partial charge in [-0.1, -0.05) is 18.2 Å². The Bertz CT molecular complexity index is 1400. The van der Waals surface area contributed by atoms with Gasteiger partial charge >= 0.3 is 0 Å². The number of ether oxygens (including phenoxy) is 4. The molecule has 0 atom stereocenters. The van der Waals surface area contributed by atoms with Crippen LogP contribution in [0.4, 0.5) is 5.69 Å². The monoisotopic (exact) mass is 445 g/mol. The third kappa shape index (κ3) is 4.31. The van der Waals surface area contributed by atoms with Crippen LogP contribution in [0.1, 0.15) is 5.76 Å². The van der Waals surface area contributed by atoms with Gasteiger partial charge in [0, 0.05) is 17.8 Å². The van der Waals surface area contributed by atoms with Crippen LogP contribution in [-0.4, -0.2) is 19.3 Å². The fourth-order valence-electron chi connectivity index (χ4n) is 3.40. The Labute approximate surface area is 188 Å². The van der Waals surface area contributed by atoms with E-state index in [-0.39, 0.29) is 30.5 Å². The lowest BCUT2D eigenvalue weighted by molar-refractivity contribution is -0.118. The van der Waals surface area contributed by atoms with E-state index in [2.05, 4.69) is 5.32 Å². The molecule has 0 saturated heterocycles. The van der Waals surface area contributed by atoms with Crippen LogP contribution in [0, 0.1) is 6.92 Å². The molecule has 1 aliphatic rings. The van der Waals surface area contributed by atoms with Crippen LogP contribution in [0.25, 0.3) is 11.0 Å². The van der Waals surface area contributed by atoms with Gasteiger partial charge in [-0.15, -0.1) is 0 Å². The predicted octanol–water partition coefficient (Wildman–Crippen LogP) is 4.64. The van der Waals surface area contributed by atoms with Crippen molar-refractivity contribution < 1.29 is 28.2 Å². The summed E-state index contributed by atoms with van der Waals surface area (Å²) in [6.45, 7) is 1.59. The minimum absolute atomic E-state index is 0.130. The zero-order valence-electron chi connectivity index (χ0n) is 17.6. The summed E-state index contributed by atoms with van der Waals surface area (Å²) in [5, 5.41) is 3.09. The lowest BCUT2D eigenvalue weighted by Crippen LogP contribution is -2.20. The second-order valence-corrected chi connectivity index (χ2v) is 7.29. The van der Waals surface area contributed by atoms with Crippen molar-refractivity contribution in [2.45, 2.75) is 6.92 Å². The number of hydrogen-bond acceptors (Lipinski definition) is 7. The molecule has 0 aliphatic carbocycles. The van der Waals surface area contributed by atoms with Gasteiger partial charge in [-0.2, -0.15) is 0 Å². The number of anilines is 1. The molecule has 33 heavy (non-hydrogen) atoms. The summed E-state index contributed by atoms with van der Waals surface area (Å²) in [7, 11) is 0. The molecule has 166 valence electrons. The molecule has 0 bridgehead atoms. The quantitative estimate of drug-likeness (QED) is 0.462. The third-order valence-corrected chi connectivity index (χ3v) is 4.98. The van der Waals surface area contributed by atoms with Crippen LogP contribution >= 0.6 is 0 Å². The van der Waals surface area contributed by atoms with Crippen LogP contribution < -0.4 is 29.7 Å². The third-order valence-electron chi connectivity index (χ3n) is 4.98. The van der Waals surface area contributed by atoms with E-state index in [0.717, 1.165) is 0 Å². The van der Waals surface area contributed by atoms with Gasteiger partial charge < -0.3 is 28.7 Å². The Morgan fingerprint density at radius 3 is 2.64 bits per heavy atom. The van der Waals surface area contributed by atoms with Crippen LogP contribution in [0.3, 0.4) is 0 Å². The van der Waals surface area contributed by atoms with E-state index in [1.807, 2.05) is 18.2 Å². The fourth-order valence-corrected chi connectivity index (χ4v) is 3.40. The smallest absolute Gasteiger partial charge is 0.262 e. The molecule has 1 N–H and O–H groups in total. The average molecular weight is 445 g/mol. The van der Waals surface area contributed by atoms with Crippen molar-refractivity contribution in [2.24, 2.45) is 0 Å². The number of aryl methyl sites for hydroxylation is 1. The first kappa shape index (κ1) is 20.4. The first-order chi connectivity index (χ1) is 16.1. The van der Waals surface area contributed by atoms with Gasteiger partial charge in [-0.05, 0) is 43.3 Å². The van der Waals surface area contributed by atoms with Crippen molar-refractivity contribution >= 4 is 22.6 Å². The van der Waals surface area contributed by atoms with Crippen molar-refractivity contribution in [3.8, 4) is 28.7 Å². The Morgan fingerprint density at radius 2 is 1.79 bits per heavy atom. The first-order valence-corrected chi connectivity index (χ1v) is 10.2. The van der Waals surface area contributed by atoms with E-state index in [9.17, 15) is 9.59 Å². The molecular formula is C25H19NO7. The molecule has 1 aliphatic heterocycles. The van der Waals surface area contributed by atoms with Crippen molar-refractivity contribution in [1.29, 1.82) is 0 Å². The molecule has 8 nitrogen and oxygen atoms in total. The molecule has 0 saturated carbocycles. The highest BCUT2D eigenvalue weighted by molar-refractivity contribution is 5.92. The van der Waals surface area contributed by atoms with E-state index in [1.165, 1.54) is 0 Å². The zero-order valence-corrected chi connectivity index (χ0v) is 17.6. The Balaban J connectivity index is 1.28. The molecule has 8 heteroatoms. The molecule has 0 fully saturated rings. The number of benzene rings is 3. The number of carbonyl (C=O) groups excluding carboxylic acids is 1. The number of nitrogens with one attached hydrogen (secondary N) is 1. The van der Waals surface area contributed by atoms with E-state index in [0.29, 0.717) is 45.4 Å². The van der Waals surface area contributed by atoms with Crippen LogP contribution in [-0.2, 0) is 4.79 Å². The SMILES string of the molecule is Cc1oc2cc(OCC(=O)Nc3ccc4c(c3)OCO4)ccc2c(=O)c1Oc1ccccc1. The maximum atomic E-state index is 12.9. The van der Waals surface area contributed by atoms with Crippen LogP contribution in [0.5, 0.6) is 28.7 Å². The topological polar surface area (TPSA) is 96.2 Å². The van der Waals surface area contributed by atoms with Crippen LogP contribution in [0.15, 0.2) is 75.9 Å². The minimum Gasteiger partial charge on any atom is -0.484 e. The summed E-state index contributed by atoms with van der Waals surface area (Å²) in [6, 6.07) is 18.9. The zero-order chi connectivity index (χ0) is 22.8. The lowest BCUT2D eigenvalue weighted by Gasteiger charge is -2.10. The summed E-state index contributed by atoms with van der Waals surface area (Å²) in [6.07, 6.45) is 0. The number of amides is 1.